The van der Waals surface area contributed by atoms with E-state index in [2.05, 4.69) is 13.0 Å². The summed E-state index contributed by atoms with van der Waals surface area (Å²) in [5.41, 5.74) is 1.16. The lowest BCUT2D eigenvalue weighted by molar-refractivity contribution is 0.483. The Balaban J connectivity index is 1.68. The Labute approximate surface area is 171 Å². The molecule has 0 saturated heterocycles. The molecular formula is C24H36O3S. The molecule has 156 valence electrons. The molecule has 2 aromatic carbocycles. The van der Waals surface area contributed by atoms with Gasteiger partial charge < -0.3 is 0 Å². The van der Waals surface area contributed by atoms with Gasteiger partial charge in [-0.2, -0.15) is 8.42 Å². The minimum Gasteiger partial charge on any atom is -0.282 e. The number of hydrogen-bond donors (Lipinski definition) is 1. The van der Waals surface area contributed by atoms with Crippen LogP contribution in [0.5, 0.6) is 0 Å². The number of hydrogen-bond acceptors (Lipinski definition) is 2. The predicted octanol–water partition coefficient (Wildman–Crippen LogP) is 7.33. The summed E-state index contributed by atoms with van der Waals surface area (Å²) < 4.78 is 32.1. The van der Waals surface area contributed by atoms with Crippen LogP contribution in [-0.2, 0) is 16.5 Å². The van der Waals surface area contributed by atoms with E-state index in [0.717, 1.165) is 29.2 Å². The van der Waals surface area contributed by atoms with Gasteiger partial charge in [0.2, 0.25) is 0 Å². The Bertz CT molecular complexity index is 812. The second kappa shape index (κ2) is 12.2. The number of unbranched alkanes of at least 4 members (excludes halogenated alkanes) is 11. The predicted molar refractivity (Wildman–Crippen MR) is 119 cm³/mol. The molecule has 0 aliphatic carbocycles. The molecule has 0 unspecified atom stereocenters. The van der Waals surface area contributed by atoms with Crippen LogP contribution < -0.4 is 0 Å². The molecule has 0 radical (unpaired) electrons. The third kappa shape index (κ3) is 7.92. The maximum absolute atomic E-state index is 11.4. The average Bonchev–Trinajstić information content (AvgIpc) is 2.68. The molecule has 0 fully saturated rings. The Morgan fingerprint density at radius 2 is 1.32 bits per heavy atom. The van der Waals surface area contributed by atoms with Crippen LogP contribution in [0.1, 0.15) is 89.5 Å². The highest BCUT2D eigenvalue weighted by Gasteiger charge is 2.11. The molecule has 0 saturated carbocycles. The number of aryl methyl sites for hydroxylation is 1. The van der Waals surface area contributed by atoms with Crippen molar-refractivity contribution in [3.63, 3.8) is 0 Å². The van der Waals surface area contributed by atoms with E-state index in [4.69, 9.17) is 0 Å². The zero-order valence-corrected chi connectivity index (χ0v) is 18.1. The second-order valence-corrected chi connectivity index (χ2v) is 9.34. The molecule has 0 atom stereocenters. The van der Waals surface area contributed by atoms with E-state index in [-0.39, 0.29) is 4.90 Å². The molecule has 0 amide bonds. The highest BCUT2D eigenvalue weighted by atomic mass is 32.2. The molecule has 0 heterocycles. The van der Waals surface area contributed by atoms with Crippen LogP contribution in [0.4, 0.5) is 0 Å². The third-order valence-corrected chi connectivity index (χ3v) is 6.39. The summed E-state index contributed by atoms with van der Waals surface area (Å²) in [6.45, 7) is 2.26. The zero-order valence-electron chi connectivity index (χ0n) is 17.3. The first-order valence-electron chi connectivity index (χ1n) is 11.0. The molecule has 0 bridgehead atoms. The zero-order chi connectivity index (χ0) is 20.2. The van der Waals surface area contributed by atoms with Gasteiger partial charge in [0.15, 0.2) is 0 Å². The maximum atomic E-state index is 11.4. The van der Waals surface area contributed by atoms with E-state index in [1.54, 1.807) is 12.1 Å². The Morgan fingerprint density at radius 1 is 0.750 bits per heavy atom. The van der Waals surface area contributed by atoms with Crippen LogP contribution in [0, 0.1) is 0 Å². The molecule has 0 aliphatic heterocycles. The summed E-state index contributed by atoms with van der Waals surface area (Å²) >= 11 is 0. The molecule has 4 heteroatoms. The quantitative estimate of drug-likeness (QED) is 0.265. The van der Waals surface area contributed by atoms with Crippen molar-refractivity contribution in [1.29, 1.82) is 0 Å². The van der Waals surface area contributed by atoms with Gasteiger partial charge in [0.05, 0.1) is 4.90 Å². The largest absolute Gasteiger partial charge is 0.294 e. The van der Waals surface area contributed by atoms with Gasteiger partial charge in [0.25, 0.3) is 10.1 Å². The SMILES string of the molecule is CCCCCCCCCCCCCCc1cccc2ccc(S(=O)(=O)O)cc12. The van der Waals surface area contributed by atoms with E-state index in [9.17, 15) is 13.0 Å². The number of rotatable bonds is 14. The summed E-state index contributed by atoms with van der Waals surface area (Å²) in [6, 6.07) is 10.9. The van der Waals surface area contributed by atoms with E-state index < -0.39 is 10.1 Å². The van der Waals surface area contributed by atoms with Gasteiger partial charge in [-0.1, -0.05) is 102 Å². The number of fused-ring (bicyclic) bond motifs is 1. The van der Waals surface area contributed by atoms with Crippen molar-refractivity contribution in [1.82, 2.24) is 0 Å². The van der Waals surface area contributed by atoms with Crippen LogP contribution in [0.25, 0.3) is 10.8 Å². The molecule has 0 spiro atoms. The van der Waals surface area contributed by atoms with Crippen LogP contribution in [-0.4, -0.2) is 13.0 Å². The van der Waals surface area contributed by atoms with Crippen molar-refractivity contribution < 1.29 is 13.0 Å². The fourth-order valence-electron chi connectivity index (χ4n) is 3.85. The van der Waals surface area contributed by atoms with Gasteiger partial charge in [-0.25, -0.2) is 0 Å². The lowest BCUT2D eigenvalue weighted by Gasteiger charge is -2.08. The molecule has 2 rings (SSSR count). The first-order valence-corrected chi connectivity index (χ1v) is 12.5. The van der Waals surface area contributed by atoms with Gasteiger partial charge in [0.1, 0.15) is 0 Å². The van der Waals surface area contributed by atoms with E-state index in [0.29, 0.717) is 0 Å². The fraction of sp³-hybridized carbons (Fsp3) is 0.583. The van der Waals surface area contributed by atoms with Gasteiger partial charge in [-0.15, -0.1) is 0 Å². The Hall–Kier alpha value is -1.39. The molecule has 0 aliphatic rings. The summed E-state index contributed by atoms with van der Waals surface area (Å²) in [5, 5.41) is 1.95. The van der Waals surface area contributed by atoms with Crippen molar-refractivity contribution in [3.05, 3.63) is 42.0 Å². The van der Waals surface area contributed by atoms with Gasteiger partial charge in [0, 0.05) is 0 Å². The van der Waals surface area contributed by atoms with Crippen LogP contribution in [0.15, 0.2) is 41.3 Å². The van der Waals surface area contributed by atoms with Gasteiger partial charge in [-0.05, 0) is 41.3 Å². The molecule has 1 N–H and O–H groups in total. The highest BCUT2D eigenvalue weighted by Crippen LogP contribution is 2.24. The molecule has 3 nitrogen and oxygen atoms in total. The standard InChI is InChI=1S/C24H36O3S/c1-2-3-4-5-6-7-8-9-10-11-12-13-15-21-16-14-17-22-18-19-23(20-24(21)22)28(25,26)27/h14,16-20H,2-13,15H2,1H3,(H,25,26,27). The minimum absolute atomic E-state index is 0.0258. The molecule has 0 aromatic heterocycles. The van der Waals surface area contributed by atoms with Crippen molar-refractivity contribution >= 4 is 20.9 Å². The van der Waals surface area contributed by atoms with Crippen molar-refractivity contribution in [2.75, 3.05) is 0 Å². The highest BCUT2D eigenvalue weighted by molar-refractivity contribution is 7.85. The lowest BCUT2D eigenvalue weighted by Crippen LogP contribution is -1.98. The molecule has 28 heavy (non-hydrogen) atoms. The summed E-state index contributed by atoms with van der Waals surface area (Å²) in [7, 11) is -4.16. The van der Waals surface area contributed by atoms with E-state index >= 15 is 0 Å². The second-order valence-electron chi connectivity index (χ2n) is 7.91. The topological polar surface area (TPSA) is 54.4 Å². The van der Waals surface area contributed by atoms with Crippen LogP contribution in [0.2, 0.25) is 0 Å². The van der Waals surface area contributed by atoms with E-state index in [1.807, 2.05) is 12.1 Å². The summed E-state index contributed by atoms with van der Waals surface area (Å²) in [6.07, 6.45) is 16.9. The monoisotopic (exact) mass is 404 g/mol. The van der Waals surface area contributed by atoms with Gasteiger partial charge in [-0.3, -0.25) is 4.55 Å². The molecular weight excluding hydrogens is 368 g/mol. The summed E-state index contributed by atoms with van der Waals surface area (Å²) in [4.78, 5) is -0.0258. The van der Waals surface area contributed by atoms with Crippen LogP contribution in [0.3, 0.4) is 0 Å². The van der Waals surface area contributed by atoms with Crippen LogP contribution >= 0.6 is 0 Å². The molecule has 2 aromatic rings. The first kappa shape index (κ1) is 22.9. The first-order chi connectivity index (χ1) is 13.5. The number of benzene rings is 2. The average molecular weight is 405 g/mol. The third-order valence-electron chi connectivity index (χ3n) is 5.54. The lowest BCUT2D eigenvalue weighted by atomic mass is 9.99. The van der Waals surface area contributed by atoms with E-state index in [1.165, 1.54) is 76.7 Å². The normalized spacial score (nSPS) is 11.9. The van der Waals surface area contributed by atoms with Crippen molar-refractivity contribution in [3.8, 4) is 0 Å². The smallest absolute Gasteiger partial charge is 0.282 e. The minimum atomic E-state index is -4.16. The Kier molecular flexibility index (Phi) is 10.0. The maximum Gasteiger partial charge on any atom is 0.294 e. The van der Waals surface area contributed by atoms with Crippen molar-refractivity contribution in [2.24, 2.45) is 0 Å². The summed E-state index contributed by atoms with van der Waals surface area (Å²) in [5.74, 6) is 0. The van der Waals surface area contributed by atoms with Crippen molar-refractivity contribution in [2.45, 2.75) is 95.3 Å². The fourth-order valence-corrected chi connectivity index (χ4v) is 4.36. The Morgan fingerprint density at radius 3 is 1.89 bits per heavy atom. The van der Waals surface area contributed by atoms with Gasteiger partial charge >= 0.3 is 0 Å².